The maximum Gasteiger partial charge on any atom is 0.335 e. The highest BCUT2D eigenvalue weighted by Crippen LogP contribution is 2.40. The van der Waals surface area contributed by atoms with Gasteiger partial charge < -0.3 is 10.4 Å². The van der Waals surface area contributed by atoms with E-state index in [1.165, 1.54) is 31.5 Å². The van der Waals surface area contributed by atoms with E-state index < -0.39 is 5.97 Å². The first kappa shape index (κ1) is 10.9. The van der Waals surface area contributed by atoms with Gasteiger partial charge in [-0.1, -0.05) is 13.3 Å². The largest absolute Gasteiger partial charge is 0.478 e. The second kappa shape index (κ2) is 4.12. The maximum absolute atomic E-state index is 10.8. The van der Waals surface area contributed by atoms with Gasteiger partial charge in [-0.15, -0.1) is 0 Å². The van der Waals surface area contributed by atoms with Gasteiger partial charge in [0.05, 0.1) is 5.56 Å². The third kappa shape index (κ3) is 2.32. The number of hydrogen-bond acceptors (Lipinski definition) is 3. The van der Waals surface area contributed by atoms with E-state index in [-0.39, 0.29) is 5.56 Å². The highest BCUT2D eigenvalue weighted by atomic mass is 16.4. The molecule has 1 fully saturated rings. The van der Waals surface area contributed by atoms with Gasteiger partial charge in [0.25, 0.3) is 0 Å². The van der Waals surface area contributed by atoms with Gasteiger partial charge in [-0.2, -0.15) is 0 Å². The van der Waals surface area contributed by atoms with Crippen LogP contribution in [-0.2, 0) is 0 Å². The number of nitrogens with one attached hydrogen (secondary N) is 1. The number of carboxylic acid groups (broad SMARTS) is 1. The van der Waals surface area contributed by atoms with E-state index in [2.05, 4.69) is 17.2 Å². The molecule has 0 saturated heterocycles. The van der Waals surface area contributed by atoms with E-state index in [0.29, 0.717) is 11.2 Å². The van der Waals surface area contributed by atoms with Gasteiger partial charge in [0.1, 0.15) is 5.82 Å². The first-order valence-corrected chi connectivity index (χ1v) is 5.52. The van der Waals surface area contributed by atoms with Gasteiger partial charge in [-0.25, -0.2) is 9.78 Å². The number of anilines is 1. The van der Waals surface area contributed by atoms with Crippen molar-refractivity contribution in [2.45, 2.75) is 26.2 Å². The molecule has 0 bridgehead atoms. The maximum atomic E-state index is 10.8. The second-order valence-corrected chi connectivity index (χ2v) is 4.75. The highest BCUT2D eigenvalue weighted by Gasteiger charge is 2.31. The molecule has 1 heterocycles. The van der Waals surface area contributed by atoms with Crippen molar-refractivity contribution < 1.29 is 9.90 Å². The van der Waals surface area contributed by atoms with Gasteiger partial charge in [-0.3, -0.25) is 0 Å². The summed E-state index contributed by atoms with van der Waals surface area (Å²) in [6.45, 7) is 3.10. The summed E-state index contributed by atoms with van der Waals surface area (Å²) in [4.78, 5) is 14.9. The van der Waals surface area contributed by atoms with Crippen molar-refractivity contribution in [1.29, 1.82) is 0 Å². The third-order valence-corrected chi connectivity index (χ3v) is 3.26. The number of aromatic carboxylic acids is 1. The minimum absolute atomic E-state index is 0.274. The number of hydrogen-bond donors (Lipinski definition) is 2. The van der Waals surface area contributed by atoms with Gasteiger partial charge in [0.2, 0.25) is 0 Å². The molecule has 0 radical (unpaired) electrons. The van der Waals surface area contributed by atoms with Crippen molar-refractivity contribution in [3.63, 3.8) is 0 Å². The first-order chi connectivity index (χ1) is 7.59. The lowest BCUT2D eigenvalue weighted by atomic mass is 9.70. The predicted octanol–water partition coefficient (Wildman–Crippen LogP) is 2.38. The minimum Gasteiger partial charge on any atom is -0.478 e. The summed E-state index contributed by atoms with van der Waals surface area (Å²) in [5, 5.41) is 12.0. The monoisotopic (exact) mass is 220 g/mol. The Balaban J connectivity index is 1.98. The molecule has 1 aromatic heterocycles. The average molecular weight is 220 g/mol. The Morgan fingerprint density at radius 1 is 1.62 bits per heavy atom. The summed E-state index contributed by atoms with van der Waals surface area (Å²) in [7, 11) is 0. The third-order valence-electron chi connectivity index (χ3n) is 3.26. The number of aromatic nitrogens is 1. The molecule has 16 heavy (non-hydrogen) atoms. The standard InChI is InChI=1S/C12H16N2O2/c1-12(4-2-5-12)8-14-10-7-9(11(15)16)3-6-13-10/h3,6-7H,2,4-5,8H2,1H3,(H,13,14)(H,15,16). The molecule has 1 aliphatic rings. The van der Waals surface area contributed by atoms with Gasteiger partial charge >= 0.3 is 5.97 Å². The summed E-state index contributed by atoms with van der Waals surface area (Å²) in [5.74, 6) is -0.270. The Morgan fingerprint density at radius 2 is 2.38 bits per heavy atom. The average Bonchev–Trinajstić information content (AvgIpc) is 2.24. The van der Waals surface area contributed by atoms with Crippen molar-refractivity contribution in [2.75, 3.05) is 11.9 Å². The number of nitrogens with zero attached hydrogens (tertiary/aromatic N) is 1. The predicted molar refractivity (Wildman–Crippen MR) is 61.6 cm³/mol. The molecule has 1 aliphatic carbocycles. The molecule has 0 aromatic carbocycles. The molecule has 4 nitrogen and oxygen atoms in total. The van der Waals surface area contributed by atoms with E-state index in [1.54, 1.807) is 6.07 Å². The lowest BCUT2D eigenvalue weighted by Gasteiger charge is -2.38. The van der Waals surface area contributed by atoms with E-state index >= 15 is 0 Å². The lowest BCUT2D eigenvalue weighted by Crippen LogP contribution is -2.33. The van der Waals surface area contributed by atoms with Crippen LogP contribution in [0.5, 0.6) is 0 Å². The van der Waals surface area contributed by atoms with Crippen molar-refractivity contribution in [3.05, 3.63) is 23.9 Å². The van der Waals surface area contributed by atoms with Crippen LogP contribution in [0.25, 0.3) is 0 Å². The molecule has 2 N–H and O–H groups in total. The molecule has 0 atom stereocenters. The Bertz CT molecular complexity index is 400. The van der Waals surface area contributed by atoms with Crippen LogP contribution in [0.15, 0.2) is 18.3 Å². The fourth-order valence-corrected chi connectivity index (χ4v) is 1.92. The van der Waals surface area contributed by atoms with Crippen molar-refractivity contribution in [2.24, 2.45) is 5.41 Å². The quantitative estimate of drug-likeness (QED) is 0.817. The van der Waals surface area contributed by atoms with Crippen LogP contribution in [-0.4, -0.2) is 22.6 Å². The molecule has 4 heteroatoms. The normalized spacial score (nSPS) is 17.6. The van der Waals surface area contributed by atoms with Gasteiger partial charge in [0, 0.05) is 12.7 Å². The summed E-state index contributed by atoms with van der Waals surface area (Å²) < 4.78 is 0. The molecule has 1 saturated carbocycles. The summed E-state index contributed by atoms with van der Waals surface area (Å²) in [5.41, 5.74) is 0.636. The lowest BCUT2D eigenvalue weighted by molar-refractivity contribution is 0.0697. The molecular weight excluding hydrogens is 204 g/mol. The summed E-state index contributed by atoms with van der Waals surface area (Å²) in [6, 6.07) is 3.07. The van der Waals surface area contributed by atoms with Crippen LogP contribution in [0.4, 0.5) is 5.82 Å². The molecule has 86 valence electrons. The van der Waals surface area contributed by atoms with Crippen molar-refractivity contribution in [3.8, 4) is 0 Å². The molecule has 2 rings (SSSR count). The first-order valence-electron chi connectivity index (χ1n) is 5.52. The van der Waals surface area contributed by atoms with Crippen LogP contribution in [0.1, 0.15) is 36.5 Å². The molecular formula is C12H16N2O2. The minimum atomic E-state index is -0.916. The van der Waals surface area contributed by atoms with Crippen LogP contribution in [0.3, 0.4) is 0 Å². The zero-order chi connectivity index (χ0) is 11.6. The Hall–Kier alpha value is -1.58. The fraction of sp³-hybridized carbons (Fsp3) is 0.500. The van der Waals surface area contributed by atoms with Crippen LogP contribution < -0.4 is 5.32 Å². The molecule has 0 amide bonds. The number of carboxylic acids is 1. The van der Waals surface area contributed by atoms with Crippen molar-refractivity contribution in [1.82, 2.24) is 4.98 Å². The van der Waals surface area contributed by atoms with Crippen LogP contribution in [0.2, 0.25) is 0 Å². The topological polar surface area (TPSA) is 62.2 Å². The molecule has 0 spiro atoms. The zero-order valence-corrected chi connectivity index (χ0v) is 9.36. The Morgan fingerprint density at radius 3 is 2.94 bits per heavy atom. The SMILES string of the molecule is CC1(CNc2cc(C(=O)O)ccn2)CCC1. The second-order valence-electron chi connectivity index (χ2n) is 4.75. The summed E-state index contributed by atoms with van der Waals surface area (Å²) in [6.07, 6.45) is 5.28. The molecule has 1 aromatic rings. The summed E-state index contributed by atoms with van der Waals surface area (Å²) >= 11 is 0. The molecule has 0 aliphatic heterocycles. The highest BCUT2D eigenvalue weighted by molar-refractivity contribution is 5.88. The van der Waals surface area contributed by atoms with E-state index in [0.717, 1.165) is 6.54 Å². The van der Waals surface area contributed by atoms with Crippen molar-refractivity contribution >= 4 is 11.8 Å². The Kier molecular flexibility index (Phi) is 2.81. The van der Waals surface area contributed by atoms with Gasteiger partial charge in [0.15, 0.2) is 0 Å². The van der Waals surface area contributed by atoms with E-state index in [1.807, 2.05) is 0 Å². The molecule has 0 unspecified atom stereocenters. The van der Waals surface area contributed by atoms with Crippen LogP contribution >= 0.6 is 0 Å². The van der Waals surface area contributed by atoms with Gasteiger partial charge in [-0.05, 0) is 30.4 Å². The van der Waals surface area contributed by atoms with Crippen LogP contribution in [0, 0.1) is 5.41 Å². The van der Waals surface area contributed by atoms with E-state index in [9.17, 15) is 4.79 Å². The number of carbonyl (C=O) groups is 1. The fourth-order valence-electron chi connectivity index (χ4n) is 1.92. The smallest absolute Gasteiger partial charge is 0.335 e. The Labute approximate surface area is 94.7 Å². The number of rotatable bonds is 4. The number of pyridine rings is 1. The zero-order valence-electron chi connectivity index (χ0n) is 9.36. The van der Waals surface area contributed by atoms with E-state index in [4.69, 9.17) is 5.11 Å².